The molecule has 2 aliphatic heterocycles. The second-order valence-electron chi connectivity index (χ2n) is 33.5. The van der Waals surface area contributed by atoms with E-state index in [1.807, 2.05) is 0 Å². The van der Waals surface area contributed by atoms with Gasteiger partial charge in [-0.15, -0.1) is 0 Å². The van der Waals surface area contributed by atoms with Crippen LogP contribution in [0.5, 0.6) is 0 Å². The number of hydrogen-bond donors (Lipinski definition) is 0. The van der Waals surface area contributed by atoms with Gasteiger partial charge in [0.15, 0.2) is 0 Å². The molecule has 0 N–H and O–H groups in total. The van der Waals surface area contributed by atoms with Gasteiger partial charge in [-0.2, -0.15) is 0 Å². The Labute approximate surface area is 731 Å². The summed E-state index contributed by atoms with van der Waals surface area (Å²) in [6.07, 6.45) is 1.44. The topological polar surface area (TPSA) is 9.72 Å². The van der Waals surface area contributed by atoms with Gasteiger partial charge in [0.1, 0.15) is 0 Å². The monoisotopic (exact) mass is 1590 g/mol. The lowest BCUT2D eigenvalue weighted by molar-refractivity contribution is 0.900. The number of anilines is 6. The van der Waals surface area contributed by atoms with Crippen molar-refractivity contribution in [3.8, 4) is 111 Å². The largest absolute Gasteiger partial charge is 0.342 e. The van der Waals surface area contributed by atoms with E-state index in [2.05, 4.69) is 476 Å². The summed E-state index contributed by atoms with van der Waals surface area (Å²) in [5.74, 6) is 0. The van der Waals surface area contributed by atoms with Crippen molar-refractivity contribution >= 4 is 100 Å². The zero-order chi connectivity index (χ0) is 82.7. The molecule has 2 aliphatic rings. The maximum atomic E-state index is 2.77. The van der Waals surface area contributed by atoms with E-state index < -0.39 is 0 Å². The van der Waals surface area contributed by atoms with Crippen LogP contribution in [0, 0.1) is 0 Å². The van der Waals surface area contributed by atoms with Crippen molar-refractivity contribution in [1.29, 1.82) is 0 Å². The van der Waals surface area contributed by atoms with Crippen LogP contribution in [0.4, 0.5) is 34.1 Å². The van der Waals surface area contributed by atoms with Crippen molar-refractivity contribution in [1.82, 2.24) is 0 Å². The van der Waals surface area contributed by atoms with E-state index in [4.69, 9.17) is 0 Å². The van der Waals surface area contributed by atoms with Crippen LogP contribution in [0.25, 0.3) is 154 Å². The predicted octanol–water partition coefficient (Wildman–Crippen LogP) is 29.7. The number of rotatable bonds is 20. The molecule has 23 rings (SSSR count). The van der Waals surface area contributed by atoms with Crippen LogP contribution < -0.4 is 31.1 Å². The predicted molar refractivity (Wildman–Crippen MR) is 533 cm³/mol. The Balaban J connectivity index is 0.785. The first-order chi connectivity index (χ1) is 62.0. The smallest absolute Gasteiger partial charge is 0.252 e. The van der Waals surface area contributed by atoms with Gasteiger partial charge in [0.25, 0.3) is 6.71 Å². The molecule has 0 saturated heterocycles. The molecule has 21 aromatic rings. The van der Waals surface area contributed by atoms with Gasteiger partial charge >= 0.3 is 0 Å². The molecule has 0 aliphatic carbocycles. The summed E-state index contributed by atoms with van der Waals surface area (Å²) < 4.78 is 0. The van der Waals surface area contributed by atoms with Crippen LogP contribution in [0.15, 0.2) is 461 Å². The summed E-state index contributed by atoms with van der Waals surface area (Å²) in [5.41, 5.74) is 38.7. The third kappa shape index (κ3) is 13.7. The molecule has 21 aromatic carbocycles. The van der Waals surface area contributed by atoms with E-state index in [0.717, 1.165) is 17.8 Å². The van der Waals surface area contributed by atoms with Crippen LogP contribution in [0.3, 0.4) is 0 Å². The standard InChI is InChI=1S/C121H86BN3/c1-10-31-83(32-11-1)88-55-61-99(62-56-88)125(100-63-57-89(58-64-100)84-33-12-2-13-34-84)81-82-73-117-121-118(74-82)124(72-70-103-111(92-45-24-8-25-46-92)77-98(87-39-18-5-19-40-87)78-112(103)93-47-26-9-27-48-93)116-68-60-96(101-65-66-108-106-52-29-50-94-49-28-51-105(119(94)106)107-54-30-53-104(101)120(107)108)80-114(116)122(121)113-79-95(85-35-14-3-15-36-85)59-67-115(113)123(117)71-69-102-109(90-41-20-6-21-42-90)75-97(86-37-16-4-17-38-86)76-110(102)91-43-22-7-23-44-91/h1-68,73-80H,69-72,81H2. The zero-order valence-electron chi connectivity index (χ0n) is 69.3. The number of hydrogen-bond acceptors (Lipinski definition) is 3. The van der Waals surface area contributed by atoms with Gasteiger partial charge in [-0.05, 0) is 273 Å². The molecule has 0 atom stereocenters. The highest BCUT2D eigenvalue weighted by Gasteiger charge is 2.44. The first-order valence-electron chi connectivity index (χ1n) is 43.9. The maximum Gasteiger partial charge on any atom is 0.252 e. The molecule has 0 fully saturated rings. The van der Waals surface area contributed by atoms with Gasteiger partial charge in [-0.3, -0.25) is 0 Å². The fourth-order valence-electron chi connectivity index (χ4n) is 20.5. The fraction of sp³-hybridized carbons (Fsp3) is 0.0413. The zero-order valence-corrected chi connectivity index (χ0v) is 69.3. The third-order valence-corrected chi connectivity index (χ3v) is 26.4. The van der Waals surface area contributed by atoms with Crippen LogP contribution in [0.2, 0.25) is 0 Å². The summed E-state index contributed by atoms with van der Waals surface area (Å²) >= 11 is 0. The molecule has 588 valence electrons. The average molecular weight is 1590 g/mol. The van der Waals surface area contributed by atoms with Crippen LogP contribution in [-0.4, -0.2) is 19.8 Å². The van der Waals surface area contributed by atoms with E-state index in [1.54, 1.807) is 0 Å². The van der Waals surface area contributed by atoms with Gasteiger partial charge in [-0.25, -0.2) is 0 Å². The second-order valence-corrected chi connectivity index (χ2v) is 33.5. The summed E-state index contributed by atoms with van der Waals surface area (Å²) in [4.78, 5) is 8.07. The molecule has 4 heteroatoms. The molecule has 0 radical (unpaired) electrons. The molecular formula is C121H86BN3. The molecule has 2 heterocycles. The Morgan fingerprint density at radius 1 is 0.208 bits per heavy atom. The quantitative estimate of drug-likeness (QED) is 0.0428. The van der Waals surface area contributed by atoms with Gasteiger partial charge < -0.3 is 14.7 Å². The van der Waals surface area contributed by atoms with Gasteiger partial charge in [0, 0.05) is 53.8 Å². The molecular weight excluding hydrogens is 1510 g/mol. The Morgan fingerprint density at radius 3 is 0.920 bits per heavy atom. The average Bonchev–Trinajstić information content (AvgIpc) is 0.702. The minimum atomic E-state index is -0.221. The highest BCUT2D eigenvalue weighted by atomic mass is 15.2. The van der Waals surface area contributed by atoms with E-state index in [-0.39, 0.29) is 6.71 Å². The number of benzene rings is 21. The lowest BCUT2D eigenvalue weighted by Crippen LogP contribution is -2.62. The molecule has 0 unspecified atom stereocenters. The lowest BCUT2D eigenvalue weighted by Gasteiger charge is -2.45. The SMILES string of the molecule is c1ccc(-c2ccc(N(Cc3cc4c5c(c3)N(CCc3c(-c6ccccc6)cc(-c6ccccc6)cc3-c3ccccc3)c3ccc(-c6ccc7c8cccc9cccc(c%10cccc6c%107)c98)cc3B5c3cc(-c5ccccc5)ccc3N4CCc3c(-c4ccccc4)cc(-c4ccccc4)cc3-c3ccccc3)c3ccc(-c4ccccc4)cc3)cc2)cc1. The summed E-state index contributed by atoms with van der Waals surface area (Å²) in [6.45, 7) is 1.66. The van der Waals surface area contributed by atoms with Crippen molar-refractivity contribution < 1.29 is 0 Å². The lowest BCUT2D eigenvalue weighted by atomic mass is 9.33. The second kappa shape index (κ2) is 32.1. The van der Waals surface area contributed by atoms with Crippen molar-refractivity contribution in [2.75, 3.05) is 27.8 Å². The minimum Gasteiger partial charge on any atom is -0.342 e. The number of fused-ring (bicyclic) bond motifs is 6. The van der Waals surface area contributed by atoms with E-state index in [1.165, 1.54) is 210 Å². The molecule has 0 spiro atoms. The Morgan fingerprint density at radius 2 is 0.520 bits per heavy atom. The van der Waals surface area contributed by atoms with Crippen molar-refractivity contribution in [3.63, 3.8) is 0 Å². The Hall–Kier alpha value is -15.6. The van der Waals surface area contributed by atoms with Crippen molar-refractivity contribution in [3.05, 3.63) is 478 Å². The molecule has 0 bridgehead atoms. The summed E-state index contributed by atoms with van der Waals surface area (Å²) in [6, 6.07) is 173. The van der Waals surface area contributed by atoms with Crippen LogP contribution in [-0.2, 0) is 19.4 Å². The Kier molecular flexibility index (Phi) is 19.1. The van der Waals surface area contributed by atoms with Crippen molar-refractivity contribution in [2.45, 2.75) is 19.4 Å². The fourth-order valence-corrected chi connectivity index (χ4v) is 20.5. The number of nitrogens with zero attached hydrogens (tertiary/aromatic N) is 3. The first-order valence-corrected chi connectivity index (χ1v) is 43.9. The van der Waals surface area contributed by atoms with E-state index >= 15 is 0 Å². The molecule has 3 nitrogen and oxygen atoms in total. The minimum absolute atomic E-state index is 0.221. The summed E-state index contributed by atoms with van der Waals surface area (Å²) in [5, 5.41) is 10.3. The van der Waals surface area contributed by atoms with Gasteiger partial charge in [-0.1, -0.05) is 388 Å². The first kappa shape index (κ1) is 74.4. The Bertz CT molecular complexity index is 7290. The van der Waals surface area contributed by atoms with Crippen LogP contribution in [0.1, 0.15) is 16.7 Å². The third-order valence-electron chi connectivity index (χ3n) is 26.4. The van der Waals surface area contributed by atoms with Crippen LogP contribution >= 0.6 is 0 Å². The van der Waals surface area contributed by atoms with E-state index in [0.29, 0.717) is 26.1 Å². The molecule has 0 amide bonds. The summed E-state index contributed by atoms with van der Waals surface area (Å²) in [7, 11) is 0. The van der Waals surface area contributed by atoms with Gasteiger partial charge in [0.2, 0.25) is 0 Å². The highest BCUT2D eigenvalue weighted by Crippen LogP contribution is 2.49. The van der Waals surface area contributed by atoms with Crippen molar-refractivity contribution in [2.24, 2.45) is 0 Å². The van der Waals surface area contributed by atoms with E-state index in [9.17, 15) is 0 Å². The highest BCUT2D eigenvalue weighted by molar-refractivity contribution is 7.00. The van der Waals surface area contributed by atoms with Gasteiger partial charge in [0.05, 0.1) is 0 Å². The molecule has 125 heavy (non-hydrogen) atoms. The normalized spacial score (nSPS) is 12.1. The maximum absolute atomic E-state index is 2.77. The molecule has 0 saturated carbocycles. The molecule has 0 aromatic heterocycles.